The van der Waals surface area contributed by atoms with E-state index >= 15 is 0 Å². The molecule has 5 nitrogen and oxygen atoms in total. The van der Waals surface area contributed by atoms with Crippen molar-refractivity contribution >= 4 is 6.09 Å². The molecule has 0 heterocycles. The first-order chi connectivity index (χ1) is 10.2. The van der Waals surface area contributed by atoms with E-state index in [9.17, 15) is 9.90 Å². The minimum atomic E-state index is -0.912. The molecule has 118 valence electrons. The van der Waals surface area contributed by atoms with Crippen molar-refractivity contribution in [1.29, 1.82) is 0 Å². The summed E-state index contributed by atoms with van der Waals surface area (Å²) in [5, 5.41) is 9.19. The maximum Gasteiger partial charge on any atom is 0.407 e. The van der Waals surface area contributed by atoms with Gasteiger partial charge in [-0.1, -0.05) is 43.2 Å². The largest absolute Gasteiger partial charge is 0.465 e. The van der Waals surface area contributed by atoms with E-state index in [-0.39, 0.29) is 0 Å². The normalized spacial score (nSPS) is 10.5. The van der Waals surface area contributed by atoms with Crippen LogP contribution in [0.1, 0.15) is 31.2 Å². The van der Waals surface area contributed by atoms with Gasteiger partial charge in [-0.15, -0.1) is 0 Å². The van der Waals surface area contributed by atoms with Gasteiger partial charge in [0.05, 0.1) is 6.61 Å². The number of ether oxygens (including phenoxy) is 1. The highest BCUT2D eigenvalue weighted by Gasteiger charge is 2.11. The molecule has 0 atom stereocenters. The van der Waals surface area contributed by atoms with Crippen LogP contribution < -0.4 is 5.73 Å². The zero-order valence-electron chi connectivity index (χ0n) is 12.5. The molecule has 3 N–H and O–H groups in total. The van der Waals surface area contributed by atoms with Gasteiger partial charge in [-0.3, -0.25) is 0 Å². The van der Waals surface area contributed by atoms with Gasteiger partial charge in [-0.05, 0) is 24.9 Å². The van der Waals surface area contributed by atoms with Crippen LogP contribution in [0.2, 0.25) is 0 Å². The third-order valence-corrected chi connectivity index (χ3v) is 3.24. The van der Waals surface area contributed by atoms with E-state index in [4.69, 9.17) is 10.5 Å². The summed E-state index contributed by atoms with van der Waals surface area (Å²) in [4.78, 5) is 12.6. The molecule has 1 aromatic rings. The zero-order chi connectivity index (χ0) is 15.3. The van der Waals surface area contributed by atoms with Crippen LogP contribution in [0.25, 0.3) is 0 Å². The number of hydrogen-bond acceptors (Lipinski definition) is 3. The molecular formula is C16H26N2O3. The molecule has 0 bridgehead atoms. The summed E-state index contributed by atoms with van der Waals surface area (Å²) in [7, 11) is 0. The van der Waals surface area contributed by atoms with Gasteiger partial charge < -0.3 is 20.5 Å². The van der Waals surface area contributed by atoms with E-state index in [0.29, 0.717) is 26.3 Å². The third kappa shape index (κ3) is 8.32. The van der Waals surface area contributed by atoms with Crippen molar-refractivity contribution in [3.05, 3.63) is 35.9 Å². The Labute approximate surface area is 126 Å². The van der Waals surface area contributed by atoms with Crippen molar-refractivity contribution in [1.82, 2.24) is 4.90 Å². The van der Waals surface area contributed by atoms with Crippen molar-refractivity contribution in [2.75, 3.05) is 26.3 Å². The van der Waals surface area contributed by atoms with Crippen LogP contribution in [0.3, 0.4) is 0 Å². The van der Waals surface area contributed by atoms with Crippen LogP contribution in [-0.4, -0.2) is 42.4 Å². The standard InChI is InChI=1S/C16H26N2O3/c17-10-6-1-2-7-12-21-13-11-18(16(19)20)14-15-8-4-3-5-9-15/h3-5,8-9H,1-2,6-7,10-14,17H2,(H,19,20). The van der Waals surface area contributed by atoms with Crippen LogP contribution in [0.15, 0.2) is 30.3 Å². The van der Waals surface area contributed by atoms with Gasteiger partial charge >= 0.3 is 6.09 Å². The van der Waals surface area contributed by atoms with Crippen LogP contribution >= 0.6 is 0 Å². The summed E-state index contributed by atoms with van der Waals surface area (Å²) in [6, 6.07) is 9.59. The fraction of sp³-hybridized carbons (Fsp3) is 0.562. The number of hydrogen-bond donors (Lipinski definition) is 2. The Morgan fingerprint density at radius 2 is 1.81 bits per heavy atom. The summed E-state index contributed by atoms with van der Waals surface area (Å²) in [5.41, 5.74) is 6.41. The highest BCUT2D eigenvalue weighted by atomic mass is 16.5. The smallest absolute Gasteiger partial charge is 0.407 e. The minimum Gasteiger partial charge on any atom is -0.465 e. The second kappa shape index (κ2) is 11.1. The maximum absolute atomic E-state index is 11.2. The third-order valence-electron chi connectivity index (χ3n) is 3.24. The summed E-state index contributed by atoms with van der Waals surface area (Å²) in [5.74, 6) is 0. The average molecular weight is 294 g/mol. The average Bonchev–Trinajstić information content (AvgIpc) is 2.49. The lowest BCUT2D eigenvalue weighted by Crippen LogP contribution is -2.32. The fourth-order valence-electron chi connectivity index (χ4n) is 2.02. The molecular weight excluding hydrogens is 268 g/mol. The lowest BCUT2D eigenvalue weighted by Gasteiger charge is -2.19. The number of nitrogens with zero attached hydrogens (tertiary/aromatic N) is 1. The molecule has 1 aromatic carbocycles. The predicted octanol–water partition coefficient (Wildman–Crippen LogP) is 2.70. The molecule has 1 amide bonds. The molecule has 0 aliphatic rings. The molecule has 5 heteroatoms. The number of nitrogens with two attached hydrogens (primary N) is 1. The highest BCUT2D eigenvalue weighted by Crippen LogP contribution is 2.05. The number of carboxylic acid groups (broad SMARTS) is 1. The maximum atomic E-state index is 11.2. The Balaban J connectivity index is 2.16. The van der Waals surface area contributed by atoms with Crippen LogP contribution in [0, 0.1) is 0 Å². The molecule has 0 saturated heterocycles. The fourth-order valence-corrected chi connectivity index (χ4v) is 2.02. The van der Waals surface area contributed by atoms with Crippen molar-refractivity contribution in [3.8, 4) is 0 Å². The van der Waals surface area contributed by atoms with Crippen molar-refractivity contribution < 1.29 is 14.6 Å². The van der Waals surface area contributed by atoms with Crippen LogP contribution in [-0.2, 0) is 11.3 Å². The van der Waals surface area contributed by atoms with Gasteiger partial charge in [0.25, 0.3) is 0 Å². The van der Waals surface area contributed by atoms with Crippen molar-refractivity contribution in [2.45, 2.75) is 32.2 Å². The SMILES string of the molecule is NCCCCCCOCCN(Cc1ccccc1)C(=O)O. The Kier molecular flexibility index (Phi) is 9.24. The number of benzene rings is 1. The molecule has 0 unspecified atom stereocenters. The van der Waals surface area contributed by atoms with Gasteiger partial charge in [0, 0.05) is 19.7 Å². The lowest BCUT2D eigenvalue weighted by molar-refractivity contribution is 0.0899. The Hall–Kier alpha value is -1.59. The molecule has 0 aliphatic carbocycles. The number of amides is 1. The number of carbonyl (C=O) groups is 1. The minimum absolute atomic E-state index is 0.396. The molecule has 21 heavy (non-hydrogen) atoms. The first-order valence-corrected chi connectivity index (χ1v) is 7.53. The number of rotatable bonds is 11. The van der Waals surface area contributed by atoms with E-state index in [1.54, 1.807) is 0 Å². The quantitative estimate of drug-likeness (QED) is 0.615. The van der Waals surface area contributed by atoms with Crippen molar-refractivity contribution in [3.63, 3.8) is 0 Å². The molecule has 0 radical (unpaired) electrons. The predicted molar refractivity (Wildman–Crippen MR) is 83.2 cm³/mol. The van der Waals surface area contributed by atoms with Gasteiger partial charge in [-0.25, -0.2) is 4.79 Å². The summed E-state index contributed by atoms with van der Waals surface area (Å²) < 4.78 is 5.50. The van der Waals surface area contributed by atoms with Gasteiger partial charge in [0.15, 0.2) is 0 Å². The Bertz CT molecular complexity index is 384. The van der Waals surface area contributed by atoms with Crippen LogP contribution in [0.4, 0.5) is 4.79 Å². The first-order valence-electron chi connectivity index (χ1n) is 7.53. The van der Waals surface area contributed by atoms with E-state index in [0.717, 1.165) is 37.8 Å². The topological polar surface area (TPSA) is 75.8 Å². The van der Waals surface area contributed by atoms with Gasteiger partial charge in [-0.2, -0.15) is 0 Å². The zero-order valence-corrected chi connectivity index (χ0v) is 12.5. The molecule has 0 fully saturated rings. The first kappa shape index (κ1) is 17.5. The van der Waals surface area contributed by atoms with E-state index in [2.05, 4.69) is 0 Å². The monoisotopic (exact) mass is 294 g/mol. The van der Waals surface area contributed by atoms with Gasteiger partial charge in [0.1, 0.15) is 0 Å². The second-order valence-electron chi connectivity index (χ2n) is 5.00. The molecule has 0 aromatic heterocycles. The summed E-state index contributed by atoms with van der Waals surface area (Å²) in [6.45, 7) is 2.66. The molecule has 0 saturated carbocycles. The molecule has 0 spiro atoms. The van der Waals surface area contributed by atoms with Gasteiger partial charge in [0.2, 0.25) is 0 Å². The Morgan fingerprint density at radius 1 is 1.10 bits per heavy atom. The highest BCUT2D eigenvalue weighted by molar-refractivity contribution is 5.64. The Morgan fingerprint density at radius 3 is 2.48 bits per heavy atom. The summed E-state index contributed by atoms with van der Waals surface area (Å²) >= 11 is 0. The van der Waals surface area contributed by atoms with Crippen molar-refractivity contribution in [2.24, 2.45) is 5.73 Å². The lowest BCUT2D eigenvalue weighted by atomic mass is 10.2. The number of unbranched alkanes of at least 4 members (excludes halogenated alkanes) is 3. The molecule has 1 rings (SSSR count). The van der Waals surface area contributed by atoms with E-state index in [1.165, 1.54) is 4.90 Å². The van der Waals surface area contributed by atoms with E-state index in [1.807, 2.05) is 30.3 Å². The van der Waals surface area contributed by atoms with Crippen LogP contribution in [0.5, 0.6) is 0 Å². The van der Waals surface area contributed by atoms with E-state index < -0.39 is 6.09 Å². The molecule has 0 aliphatic heterocycles. The summed E-state index contributed by atoms with van der Waals surface area (Å²) in [6.07, 6.45) is 3.40. The second-order valence-corrected chi connectivity index (χ2v) is 5.00.